The summed E-state index contributed by atoms with van der Waals surface area (Å²) in [6.07, 6.45) is 1.74. The largest absolute Gasteiger partial charge is 0.299 e. The maximum atomic E-state index is 12.6. The average molecular weight is 295 g/mol. The van der Waals surface area contributed by atoms with Crippen LogP contribution >= 0.6 is 0 Å². The zero-order valence-corrected chi connectivity index (χ0v) is 12.8. The summed E-state index contributed by atoms with van der Waals surface area (Å²) < 4.78 is 26.6. The van der Waals surface area contributed by atoms with Gasteiger partial charge in [0, 0.05) is 25.4 Å². The molecule has 1 aromatic carbocycles. The van der Waals surface area contributed by atoms with E-state index in [2.05, 4.69) is 0 Å². The van der Waals surface area contributed by atoms with Crippen LogP contribution in [0.15, 0.2) is 29.2 Å². The van der Waals surface area contributed by atoms with E-state index in [1.165, 1.54) is 4.31 Å². The van der Waals surface area contributed by atoms with Crippen molar-refractivity contribution in [1.82, 2.24) is 4.31 Å². The Morgan fingerprint density at radius 2 is 1.85 bits per heavy atom. The van der Waals surface area contributed by atoms with E-state index in [-0.39, 0.29) is 11.7 Å². The zero-order valence-electron chi connectivity index (χ0n) is 12.0. The lowest BCUT2D eigenvalue weighted by molar-refractivity contribution is -0.122. The van der Waals surface area contributed by atoms with E-state index in [9.17, 15) is 13.2 Å². The van der Waals surface area contributed by atoms with Gasteiger partial charge in [0.2, 0.25) is 10.0 Å². The van der Waals surface area contributed by atoms with Crippen LogP contribution < -0.4 is 0 Å². The Morgan fingerprint density at radius 1 is 1.20 bits per heavy atom. The normalized spacial score (nSPS) is 21.7. The van der Waals surface area contributed by atoms with E-state index in [0.29, 0.717) is 30.8 Å². The second-order valence-electron chi connectivity index (χ2n) is 5.33. The Morgan fingerprint density at radius 3 is 2.45 bits per heavy atom. The van der Waals surface area contributed by atoms with Crippen LogP contribution in [0.1, 0.15) is 31.7 Å². The molecule has 0 aromatic heterocycles. The van der Waals surface area contributed by atoms with E-state index in [1.807, 2.05) is 13.8 Å². The number of carbonyl (C=O) groups excluding carboxylic acids is 1. The first-order valence-electron chi connectivity index (χ1n) is 7.04. The lowest BCUT2D eigenvalue weighted by Crippen LogP contribution is -2.32. The summed E-state index contributed by atoms with van der Waals surface area (Å²) >= 11 is 0. The van der Waals surface area contributed by atoms with Gasteiger partial charge in [0.25, 0.3) is 0 Å². The molecule has 0 saturated carbocycles. The van der Waals surface area contributed by atoms with Gasteiger partial charge in [0.1, 0.15) is 5.78 Å². The molecule has 0 radical (unpaired) electrons. The molecule has 1 heterocycles. The molecule has 20 heavy (non-hydrogen) atoms. The van der Waals surface area contributed by atoms with Crippen LogP contribution in [0.4, 0.5) is 0 Å². The molecule has 1 aromatic rings. The maximum absolute atomic E-state index is 12.6. The number of hydrogen-bond donors (Lipinski definition) is 0. The van der Waals surface area contributed by atoms with E-state index in [0.717, 1.165) is 12.0 Å². The molecule has 110 valence electrons. The number of ketones is 1. The Bertz CT molecular complexity index is 578. The molecule has 0 bridgehead atoms. The Kier molecular flexibility index (Phi) is 4.60. The van der Waals surface area contributed by atoms with Gasteiger partial charge in [0.15, 0.2) is 0 Å². The number of aryl methyl sites for hydroxylation is 1. The van der Waals surface area contributed by atoms with Gasteiger partial charge in [-0.1, -0.05) is 24.6 Å². The number of hydrogen-bond acceptors (Lipinski definition) is 3. The van der Waals surface area contributed by atoms with Gasteiger partial charge in [-0.2, -0.15) is 4.31 Å². The minimum atomic E-state index is -3.48. The number of Topliss-reactive ketones (excluding diaryl/α,β-unsaturated/α-hetero) is 1. The highest BCUT2D eigenvalue weighted by molar-refractivity contribution is 7.89. The Labute approximate surface area is 120 Å². The second kappa shape index (κ2) is 6.06. The number of carbonyl (C=O) groups is 1. The second-order valence-corrected chi connectivity index (χ2v) is 7.27. The molecule has 1 fully saturated rings. The molecular weight excluding hydrogens is 274 g/mol. The van der Waals surface area contributed by atoms with Crippen molar-refractivity contribution >= 4 is 15.8 Å². The quantitative estimate of drug-likeness (QED) is 0.860. The van der Waals surface area contributed by atoms with Gasteiger partial charge in [-0.05, 0) is 31.9 Å². The summed E-state index contributed by atoms with van der Waals surface area (Å²) in [5.74, 6) is 0.197. The van der Waals surface area contributed by atoms with E-state index in [4.69, 9.17) is 0 Å². The van der Waals surface area contributed by atoms with Gasteiger partial charge in [-0.3, -0.25) is 4.79 Å². The third-order valence-electron chi connectivity index (χ3n) is 3.94. The molecule has 5 heteroatoms. The first kappa shape index (κ1) is 15.2. The topological polar surface area (TPSA) is 54.5 Å². The monoisotopic (exact) mass is 295 g/mol. The van der Waals surface area contributed by atoms with Crippen molar-refractivity contribution in [3.05, 3.63) is 29.8 Å². The summed E-state index contributed by atoms with van der Waals surface area (Å²) in [4.78, 5) is 12.2. The average Bonchev–Trinajstić information content (AvgIpc) is 2.61. The van der Waals surface area contributed by atoms with Gasteiger partial charge in [-0.25, -0.2) is 8.42 Å². The molecule has 0 amide bonds. The van der Waals surface area contributed by atoms with Crippen LogP contribution in [0.5, 0.6) is 0 Å². The first-order chi connectivity index (χ1) is 9.45. The summed E-state index contributed by atoms with van der Waals surface area (Å²) in [7, 11) is -3.48. The van der Waals surface area contributed by atoms with Crippen molar-refractivity contribution in [3.63, 3.8) is 0 Å². The van der Waals surface area contributed by atoms with Crippen molar-refractivity contribution in [2.75, 3.05) is 13.1 Å². The fraction of sp³-hybridized carbons (Fsp3) is 0.533. The SMILES string of the molecule is CCC1CCN(S(=O)(=O)c2ccc(C)cc2)CCC1=O. The minimum absolute atomic E-state index is 0.00761. The zero-order chi connectivity index (χ0) is 14.8. The molecule has 1 aliphatic heterocycles. The summed E-state index contributed by atoms with van der Waals surface area (Å²) in [5, 5.41) is 0. The standard InChI is InChI=1S/C15H21NO3S/c1-3-13-8-10-16(11-9-15(13)17)20(18,19)14-6-4-12(2)5-7-14/h4-7,13H,3,8-11H2,1-2H3. The molecule has 1 saturated heterocycles. The van der Waals surface area contributed by atoms with Crippen molar-refractivity contribution in [2.45, 2.75) is 38.0 Å². The van der Waals surface area contributed by atoms with Crippen molar-refractivity contribution in [2.24, 2.45) is 5.92 Å². The summed E-state index contributed by atoms with van der Waals surface area (Å²) in [5.41, 5.74) is 1.03. The molecule has 4 nitrogen and oxygen atoms in total. The molecule has 1 atom stereocenters. The van der Waals surface area contributed by atoms with Crippen LogP contribution in [0.25, 0.3) is 0 Å². The van der Waals surface area contributed by atoms with Gasteiger partial charge < -0.3 is 0 Å². The highest BCUT2D eigenvalue weighted by Crippen LogP contribution is 2.23. The first-order valence-corrected chi connectivity index (χ1v) is 8.48. The molecule has 0 aliphatic carbocycles. The van der Waals surface area contributed by atoms with Crippen LogP contribution in [0.3, 0.4) is 0 Å². The summed E-state index contributed by atoms with van der Waals surface area (Å²) in [6, 6.07) is 6.86. The van der Waals surface area contributed by atoms with Crippen molar-refractivity contribution < 1.29 is 13.2 Å². The van der Waals surface area contributed by atoms with Crippen molar-refractivity contribution in [3.8, 4) is 0 Å². The molecular formula is C15H21NO3S. The van der Waals surface area contributed by atoms with E-state index >= 15 is 0 Å². The third kappa shape index (κ3) is 3.10. The van der Waals surface area contributed by atoms with E-state index in [1.54, 1.807) is 24.3 Å². The molecule has 2 rings (SSSR count). The molecule has 0 spiro atoms. The van der Waals surface area contributed by atoms with Crippen LogP contribution in [-0.4, -0.2) is 31.6 Å². The van der Waals surface area contributed by atoms with Crippen LogP contribution in [0.2, 0.25) is 0 Å². The number of sulfonamides is 1. The van der Waals surface area contributed by atoms with Crippen LogP contribution in [-0.2, 0) is 14.8 Å². The summed E-state index contributed by atoms with van der Waals surface area (Å²) in [6.45, 7) is 4.63. The highest BCUT2D eigenvalue weighted by Gasteiger charge is 2.30. The maximum Gasteiger partial charge on any atom is 0.243 e. The fourth-order valence-electron chi connectivity index (χ4n) is 2.54. The van der Waals surface area contributed by atoms with Gasteiger partial charge in [-0.15, -0.1) is 0 Å². The molecule has 0 N–H and O–H groups in total. The Balaban J connectivity index is 2.22. The lowest BCUT2D eigenvalue weighted by atomic mass is 9.97. The fourth-order valence-corrected chi connectivity index (χ4v) is 4.00. The predicted molar refractivity (Wildman–Crippen MR) is 78.0 cm³/mol. The number of rotatable bonds is 3. The Hall–Kier alpha value is -1.20. The predicted octanol–water partition coefficient (Wildman–Crippen LogP) is 2.37. The van der Waals surface area contributed by atoms with Gasteiger partial charge in [0.05, 0.1) is 4.90 Å². The smallest absolute Gasteiger partial charge is 0.243 e. The number of benzene rings is 1. The molecule has 1 aliphatic rings. The minimum Gasteiger partial charge on any atom is -0.299 e. The highest BCUT2D eigenvalue weighted by atomic mass is 32.2. The van der Waals surface area contributed by atoms with E-state index < -0.39 is 10.0 Å². The van der Waals surface area contributed by atoms with Crippen molar-refractivity contribution in [1.29, 1.82) is 0 Å². The lowest BCUT2D eigenvalue weighted by Gasteiger charge is -2.20. The van der Waals surface area contributed by atoms with Crippen LogP contribution in [0, 0.1) is 12.8 Å². The molecule has 1 unspecified atom stereocenters. The number of nitrogens with zero attached hydrogens (tertiary/aromatic N) is 1. The third-order valence-corrected chi connectivity index (χ3v) is 5.85. The van der Waals surface area contributed by atoms with Gasteiger partial charge >= 0.3 is 0 Å².